The molecular formula is C52H65N9O8. The van der Waals surface area contributed by atoms with Crippen LogP contribution in [0.2, 0.25) is 0 Å². The number of fused-ring (bicyclic) bond motifs is 6. The summed E-state index contributed by atoms with van der Waals surface area (Å²) in [7, 11) is 1.59. The van der Waals surface area contributed by atoms with Crippen LogP contribution in [0, 0.1) is 29.1 Å². The first-order valence-corrected chi connectivity index (χ1v) is 24.2. The number of morpholine rings is 1. The van der Waals surface area contributed by atoms with Gasteiger partial charge in [-0.25, -0.2) is 15.4 Å². The van der Waals surface area contributed by atoms with Crippen LogP contribution in [-0.4, -0.2) is 153 Å². The topological polar surface area (TPSA) is 192 Å². The Labute approximate surface area is 403 Å². The highest BCUT2D eigenvalue weighted by atomic mass is 16.5. The van der Waals surface area contributed by atoms with Crippen LogP contribution in [0.1, 0.15) is 65.0 Å². The largest absolute Gasteiger partial charge is 0.508 e. The lowest BCUT2D eigenvalue weighted by atomic mass is 9.84. The molecule has 4 aliphatic rings. The van der Waals surface area contributed by atoms with E-state index in [-0.39, 0.29) is 49.6 Å². The predicted octanol–water partition coefficient (Wildman–Crippen LogP) is 3.81. The molecule has 4 atom stereocenters. The van der Waals surface area contributed by atoms with Gasteiger partial charge < -0.3 is 34.3 Å². The van der Waals surface area contributed by atoms with Crippen LogP contribution in [0.5, 0.6) is 5.75 Å². The van der Waals surface area contributed by atoms with E-state index in [9.17, 15) is 29.1 Å². The zero-order valence-electron chi connectivity index (χ0n) is 40.6. The number of hydrazine groups is 1. The van der Waals surface area contributed by atoms with Crippen LogP contribution in [0.15, 0.2) is 55.1 Å². The third-order valence-electron chi connectivity index (χ3n) is 13.8. The van der Waals surface area contributed by atoms with Crippen molar-refractivity contribution >= 4 is 40.5 Å². The number of likely N-dealkylation sites (N-methyl/N-ethyl adjacent to an activating group) is 1. The zero-order chi connectivity index (χ0) is 49.0. The second kappa shape index (κ2) is 21.1. The maximum atomic E-state index is 14.8. The number of nitrogens with zero attached hydrogens (tertiary/aromatic N) is 7. The summed E-state index contributed by atoms with van der Waals surface area (Å²) < 4.78 is 13.7. The summed E-state index contributed by atoms with van der Waals surface area (Å²) in [5.41, 5.74) is 8.61. The Morgan fingerprint density at radius 2 is 1.77 bits per heavy atom. The van der Waals surface area contributed by atoms with Crippen molar-refractivity contribution in [2.45, 2.75) is 91.4 Å². The molecule has 69 heavy (non-hydrogen) atoms. The molecule has 3 saturated heterocycles. The summed E-state index contributed by atoms with van der Waals surface area (Å²) in [6, 6.07) is 8.42. The fraction of sp³-hybridized carbons (Fsp3) is 0.519. The van der Waals surface area contributed by atoms with Gasteiger partial charge in [0.1, 0.15) is 30.2 Å². The summed E-state index contributed by atoms with van der Waals surface area (Å²) >= 11 is 0. The number of cyclic esters (lactones) is 1. The predicted molar refractivity (Wildman–Crippen MR) is 259 cm³/mol. The number of benzene rings is 2. The molecule has 366 valence electrons. The number of carbonyl (C=O) groups is 5. The highest BCUT2D eigenvalue weighted by Crippen LogP contribution is 2.40. The van der Waals surface area contributed by atoms with Crippen LogP contribution in [0.4, 0.5) is 0 Å². The van der Waals surface area contributed by atoms with Gasteiger partial charge in [0.25, 0.3) is 11.8 Å². The van der Waals surface area contributed by atoms with E-state index >= 15 is 0 Å². The van der Waals surface area contributed by atoms with E-state index < -0.39 is 47.2 Å². The third kappa shape index (κ3) is 11.1. The first-order valence-electron chi connectivity index (χ1n) is 24.2. The number of aromatic hydroxyl groups is 1. The monoisotopic (exact) mass is 943 g/mol. The fourth-order valence-electron chi connectivity index (χ4n) is 10.3. The van der Waals surface area contributed by atoms with Gasteiger partial charge in [-0.2, -0.15) is 0 Å². The highest BCUT2D eigenvalue weighted by Gasteiger charge is 2.40. The van der Waals surface area contributed by atoms with Gasteiger partial charge in [0, 0.05) is 87.0 Å². The summed E-state index contributed by atoms with van der Waals surface area (Å²) in [6.45, 7) is 14.8. The number of ether oxygens (including phenoxy) is 2. The van der Waals surface area contributed by atoms with Crippen LogP contribution in [0.3, 0.4) is 0 Å². The lowest BCUT2D eigenvalue weighted by Gasteiger charge is -2.37. The van der Waals surface area contributed by atoms with Crippen LogP contribution < -0.4 is 10.7 Å². The van der Waals surface area contributed by atoms with Gasteiger partial charge in [-0.1, -0.05) is 45.7 Å². The summed E-state index contributed by atoms with van der Waals surface area (Å²) in [6.07, 6.45) is 7.02. The summed E-state index contributed by atoms with van der Waals surface area (Å²) in [5.74, 6) is 2.68. The number of phenols is 1. The van der Waals surface area contributed by atoms with E-state index in [2.05, 4.69) is 74.9 Å². The number of likely N-dealkylation sites (tertiary alicyclic amines) is 1. The SMILES string of the molecule is CCn1c(-c2cncnc2)c2c3cc(ccc31)-c1cc(O)cc(c1)C[C@H](NC(=O)[C@H](C(C)C)N(C)C(=O)[C@H]1CCN(C(=O)C#CCN3CCOCC3)C1)C(=O)N1CCC[C@H](N1)C(=O)OCC(C)(C)C2. The number of carbonyl (C=O) groups excluding carboxylic acids is 5. The molecule has 2 aromatic heterocycles. The van der Waals surface area contributed by atoms with Crippen molar-refractivity contribution < 1.29 is 38.6 Å². The molecule has 3 N–H and O–H groups in total. The van der Waals surface area contributed by atoms with Gasteiger partial charge in [-0.15, -0.1) is 0 Å². The number of aromatic nitrogens is 3. The number of hydrogen-bond acceptors (Lipinski definition) is 12. The number of phenolic OH excluding ortho intramolecular Hbond substituents is 1. The smallest absolute Gasteiger partial charge is 0.324 e. The molecule has 6 bridgehead atoms. The third-order valence-corrected chi connectivity index (χ3v) is 13.8. The van der Waals surface area contributed by atoms with E-state index in [1.165, 1.54) is 16.2 Å². The van der Waals surface area contributed by atoms with Gasteiger partial charge >= 0.3 is 5.97 Å². The Hall–Kier alpha value is -6.35. The number of amides is 4. The number of esters is 1. The summed E-state index contributed by atoms with van der Waals surface area (Å²) in [5, 5.41) is 16.7. The first kappa shape index (κ1) is 49.1. The Kier molecular flexibility index (Phi) is 15.0. The molecule has 4 aromatic rings. The quantitative estimate of drug-likeness (QED) is 0.171. The second-order valence-corrected chi connectivity index (χ2v) is 19.9. The normalized spacial score (nSPS) is 21.5. The minimum absolute atomic E-state index is 0.0133. The number of nitrogens with one attached hydrogen (secondary N) is 2. The zero-order valence-corrected chi connectivity index (χ0v) is 40.6. The van der Waals surface area contributed by atoms with Crippen molar-refractivity contribution in [3.05, 3.63) is 66.2 Å². The highest BCUT2D eigenvalue weighted by molar-refractivity contribution is 5.97. The second-order valence-electron chi connectivity index (χ2n) is 19.9. The van der Waals surface area contributed by atoms with E-state index in [1.54, 1.807) is 36.5 Å². The van der Waals surface area contributed by atoms with Crippen molar-refractivity contribution in [1.82, 2.24) is 45.0 Å². The van der Waals surface area contributed by atoms with Crippen molar-refractivity contribution in [2.24, 2.45) is 17.3 Å². The minimum Gasteiger partial charge on any atom is -0.508 e. The molecule has 0 radical (unpaired) electrons. The lowest BCUT2D eigenvalue weighted by molar-refractivity contribution is -0.155. The Morgan fingerprint density at radius 1 is 1.00 bits per heavy atom. The Bertz CT molecular complexity index is 2630. The molecule has 17 nitrogen and oxygen atoms in total. The first-order chi connectivity index (χ1) is 33.1. The standard InChI is InChI=1S/C52H65N9O8/c1-7-60-44-13-12-35-26-40(44)41(47(60)38-28-53-32-54-29-38)27-52(4,5)31-69-51(67)42-10-8-16-61(56-42)50(66)43(24-34-22-37(35)25-39(62)23-34)55-48(64)46(33(2)3)57(6)49(65)36-14-17-59(30-36)45(63)11-9-15-58-18-20-68-21-19-58/h12-13,22-23,25-26,28-29,32-33,36,42-43,46,56,62H,7-8,10,14-21,24,27,30-31H2,1-6H3,(H,55,64)/t36-,42-,43-,46-/m0/s1. The molecule has 0 unspecified atom stereocenters. The minimum atomic E-state index is -1.17. The van der Waals surface area contributed by atoms with Crippen molar-refractivity contribution in [3.63, 3.8) is 0 Å². The fourth-order valence-corrected chi connectivity index (χ4v) is 10.3. The molecule has 0 spiro atoms. The van der Waals surface area contributed by atoms with Gasteiger partial charge in [-0.05, 0) is 91.0 Å². The molecule has 3 fully saturated rings. The number of aryl methyl sites for hydroxylation is 1. The van der Waals surface area contributed by atoms with E-state index in [4.69, 9.17) is 9.47 Å². The number of hydrogen-bond donors (Lipinski definition) is 3. The average Bonchev–Trinajstić information content (AvgIpc) is 3.96. The molecule has 6 heterocycles. The van der Waals surface area contributed by atoms with Crippen LogP contribution in [-0.2, 0) is 52.8 Å². The molecule has 4 aliphatic heterocycles. The molecule has 0 aliphatic carbocycles. The van der Waals surface area contributed by atoms with Crippen LogP contribution >= 0.6 is 0 Å². The number of rotatable bonds is 8. The van der Waals surface area contributed by atoms with Crippen molar-refractivity contribution in [1.29, 1.82) is 0 Å². The lowest BCUT2D eigenvalue weighted by Crippen LogP contribution is -2.62. The molecule has 2 aromatic carbocycles. The van der Waals surface area contributed by atoms with Crippen LogP contribution in [0.25, 0.3) is 33.3 Å². The molecule has 0 saturated carbocycles. The molecule has 8 rings (SSSR count). The van der Waals surface area contributed by atoms with Gasteiger partial charge in [0.2, 0.25) is 11.8 Å². The van der Waals surface area contributed by atoms with Gasteiger partial charge in [0.15, 0.2) is 0 Å². The Morgan fingerprint density at radius 3 is 2.51 bits per heavy atom. The maximum absolute atomic E-state index is 14.8. The van der Waals surface area contributed by atoms with Gasteiger partial charge in [0.05, 0.1) is 38.0 Å². The molecule has 17 heteroatoms. The Balaban J connectivity index is 1.09. The average molecular weight is 944 g/mol. The summed E-state index contributed by atoms with van der Waals surface area (Å²) in [4.78, 5) is 84.3. The van der Waals surface area contributed by atoms with E-state index in [0.717, 1.165) is 46.4 Å². The van der Waals surface area contributed by atoms with Crippen molar-refractivity contribution in [3.8, 4) is 40.0 Å². The van der Waals surface area contributed by atoms with E-state index in [0.29, 0.717) is 69.7 Å². The van der Waals surface area contributed by atoms with E-state index in [1.807, 2.05) is 26.0 Å². The molecular weight excluding hydrogens is 879 g/mol. The molecule has 4 amide bonds. The maximum Gasteiger partial charge on any atom is 0.324 e. The van der Waals surface area contributed by atoms with Gasteiger partial charge in [-0.3, -0.25) is 33.9 Å². The van der Waals surface area contributed by atoms with Crippen molar-refractivity contribution in [2.75, 3.05) is 66.1 Å².